The Morgan fingerprint density at radius 2 is 1.91 bits per heavy atom. The van der Waals surface area contributed by atoms with Crippen LogP contribution < -0.4 is 5.32 Å². The van der Waals surface area contributed by atoms with Gasteiger partial charge in [0, 0.05) is 12.4 Å². The van der Waals surface area contributed by atoms with Gasteiger partial charge in [-0.1, -0.05) is 6.08 Å². The van der Waals surface area contributed by atoms with Gasteiger partial charge in [-0.3, -0.25) is 9.79 Å². The Bertz CT molecular complexity index is 1090. The van der Waals surface area contributed by atoms with Crippen molar-refractivity contribution in [3.8, 4) is 11.9 Å². The molecule has 32 heavy (non-hydrogen) atoms. The Hall–Kier alpha value is -3.76. The molecule has 1 aliphatic rings. The van der Waals surface area contributed by atoms with Gasteiger partial charge in [-0.25, -0.2) is 9.97 Å². The Balaban J connectivity index is 1.81. The monoisotopic (exact) mass is 457 g/mol. The van der Waals surface area contributed by atoms with E-state index in [9.17, 15) is 31.1 Å². The second-order valence-corrected chi connectivity index (χ2v) is 6.70. The molecule has 8 nitrogen and oxygen atoms in total. The highest BCUT2D eigenvalue weighted by Crippen LogP contribution is 2.40. The van der Waals surface area contributed by atoms with Gasteiger partial charge in [-0.15, -0.1) is 0 Å². The van der Waals surface area contributed by atoms with Gasteiger partial charge in [0.25, 0.3) is 5.91 Å². The molecule has 0 saturated heterocycles. The number of nitrogens with zero attached hydrogens (tertiary/aromatic N) is 6. The number of carbonyl (C=O) groups is 1. The van der Waals surface area contributed by atoms with Crippen LogP contribution in [0.25, 0.3) is 5.82 Å². The van der Waals surface area contributed by atoms with Crippen LogP contribution >= 0.6 is 0 Å². The second kappa shape index (κ2) is 8.40. The molecule has 0 aliphatic carbocycles. The molecule has 0 saturated carbocycles. The minimum absolute atomic E-state index is 0.143. The van der Waals surface area contributed by atoms with Crippen molar-refractivity contribution in [3.63, 3.8) is 0 Å². The first kappa shape index (κ1) is 22.9. The number of carbonyl (C=O) groups excluding carboxylic acids is 1. The number of pyridine rings is 1. The quantitative estimate of drug-likeness (QED) is 0.711. The van der Waals surface area contributed by atoms with Gasteiger partial charge >= 0.3 is 12.4 Å². The highest BCUT2D eigenvalue weighted by molar-refractivity contribution is 6.12. The molecule has 14 heteroatoms. The molecule has 3 heterocycles. The van der Waals surface area contributed by atoms with Crippen LogP contribution in [0, 0.1) is 17.2 Å². The molecule has 0 radical (unpaired) electrons. The zero-order chi connectivity index (χ0) is 23.7. The highest BCUT2D eigenvalue weighted by atomic mass is 19.4. The van der Waals surface area contributed by atoms with E-state index in [0.717, 1.165) is 6.33 Å². The molecule has 0 fully saturated rings. The van der Waals surface area contributed by atoms with Crippen molar-refractivity contribution in [3.05, 3.63) is 47.7 Å². The Morgan fingerprint density at radius 1 is 1.19 bits per heavy atom. The van der Waals surface area contributed by atoms with E-state index >= 15 is 0 Å². The predicted octanol–water partition coefficient (Wildman–Crippen LogP) is 2.83. The van der Waals surface area contributed by atoms with Crippen molar-refractivity contribution < 1.29 is 31.1 Å². The Kier molecular flexibility index (Phi) is 6.02. The molecule has 2 aromatic heterocycles. The summed E-state index contributed by atoms with van der Waals surface area (Å²) < 4.78 is 79.4. The van der Waals surface area contributed by atoms with Crippen molar-refractivity contribution in [2.75, 3.05) is 0 Å². The highest BCUT2D eigenvalue weighted by Gasteiger charge is 2.55. The maximum atomic E-state index is 13.1. The van der Waals surface area contributed by atoms with E-state index in [4.69, 9.17) is 5.26 Å². The lowest BCUT2D eigenvalue weighted by molar-refractivity contribution is -0.217. The summed E-state index contributed by atoms with van der Waals surface area (Å²) in [5, 5.41) is 15.2. The lowest BCUT2D eigenvalue weighted by atomic mass is 9.93. The summed E-state index contributed by atoms with van der Waals surface area (Å²) in [6.07, 6.45) is -7.38. The molecular formula is C18H13F6N7O. The number of nitriles is 1. The van der Waals surface area contributed by atoms with E-state index < -0.39 is 41.8 Å². The maximum Gasteiger partial charge on any atom is 0.411 e. The van der Waals surface area contributed by atoms with E-state index in [0.29, 0.717) is 6.21 Å². The number of nitrogens with one attached hydrogen (secondary N) is 1. The molecular weight excluding hydrogens is 444 g/mol. The summed E-state index contributed by atoms with van der Waals surface area (Å²) in [6.45, 7) is 1.45. The van der Waals surface area contributed by atoms with Crippen LogP contribution in [-0.2, 0) is 4.79 Å². The van der Waals surface area contributed by atoms with E-state index in [1.54, 1.807) is 0 Å². The zero-order valence-electron chi connectivity index (χ0n) is 16.1. The van der Waals surface area contributed by atoms with Crippen LogP contribution in [0.4, 0.5) is 26.3 Å². The van der Waals surface area contributed by atoms with Crippen LogP contribution in [0.3, 0.4) is 0 Å². The van der Waals surface area contributed by atoms with Gasteiger partial charge in [0.1, 0.15) is 18.3 Å². The summed E-state index contributed by atoms with van der Waals surface area (Å²) in [4.78, 5) is 23.4. The van der Waals surface area contributed by atoms with Gasteiger partial charge in [0.2, 0.25) is 0 Å². The number of halogens is 6. The van der Waals surface area contributed by atoms with Crippen LogP contribution in [0.2, 0.25) is 0 Å². The molecule has 3 unspecified atom stereocenters. The van der Waals surface area contributed by atoms with Crippen LogP contribution in [-0.4, -0.2) is 50.3 Å². The van der Waals surface area contributed by atoms with Gasteiger partial charge in [-0.2, -0.15) is 41.4 Å². The molecule has 1 amide bonds. The van der Waals surface area contributed by atoms with Gasteiger partial charge in [-0.05, 0) is 19.1 Å². The topological polar surface area (TPSA) is 109 Å². The second-order valence-electron chi connectivity index (χ2n) is 6.70. The number of aliphatic imine (C=N–C) groups is 1. The molecule has 3 atom stereocenters. The molecule has 1 aliphatic heterocycles. The number of dihydropyridines is 1. The molecule has 0 spiro atoms. The summed E-state index contributed by atoms with van der Waals surface area (Å²) in [6, 6.07) is 0.883. The summed E-state index contributed by atoms with van der Waals surface area (Å²) in [5.74, 6) is -3.67. The van der Waals surface area contributed by atoms with Gasteiger partial charge in [0.05, 0.1) is 17.2 Å². The van der Waals surface area contributed by atoms with E-state index in [1.807, 2.05) is 6.07 Å². The summed E-state index contributed by atoms with van der Waals surface area (Å²) in [7, 11) is 0. The van der Waals surface area contributed by atoms with Crippen LogP contribution in [0.1, 0.15) is 24.4 Å². The predicted molar refractivity (Wildman–Crippen MR) is 96.4 cm³/mol. The summed E-state index contributed by atoms with van der Waals surface area (Å²) in [5.41, 5.74) is -0.376. The smallest absolute Gasteiger partial charge is 0.342 e. The van der Waals surface area contributed by atoms with Crippen molar-refractivity contribution >= 4 is 12.1 Å². The number of hydrogen-bond acceptors (Lipinski definition) is 6. The number of aromatic nitrogens is 4. The van der Waals surface area contributed by atoms with E-state index in [1.165, 1.54) is 29.9 Å². The number of rotatable bonds is 4. The summed E-state index contributed by atoms with van der Waals surface area (Å²) >= 11 is 0. The fourth-order valence-corrected chi connectivity index (χ4v) is 2.92. The van der Waals surface area contributed by atoms with Crippen molar-refractivity contribution in [1.82, 2.24) is 25.1 Å². The average Bonchev–Trinajstić information content (AvgIpc) is 3.22. The standard InChI is InChI=1S/C18H13F6N7O/c1-9(15-28-8-29-31(15)13-3-2-10(5-25)6-26-13)30-16(32)11-4-12(17(19,20)21)14(27-7-11)18(22,23)24/h2-4,6-9,12,14H,1H3,(H,30,32). The first-order valence-corrected chi connectivity index (χ1v) is 8.87. The van der Waals surface area contributed by atoms with Crippen LogP contribution in [0.5, 0.6) is 0 Å². The third kappa shape index (κ3) is 4.76. The third-order valence-electron chi connectivity index (χ3n) is 4.45. The Morgan fingerprint density at radius 3 is 2.47 bits per heavy atom. The minimum Gasteiger partial charge on any atom is -0.342 e. The molecule has 0 aromatic carbocycles. The largest absolute Gasteiger partial charge is 0.411 e. The fraction of sp³-hybridized carbons (Fsp3) is 0.333. The van der Waals surface area contributed by atoms with Gasteiger partial charge in [0.15, 0.2) is 17.7 Å². The molecule has 3 rings (SSSR count). The minimum atomic E-state index is -5.25. The molecule has 1 N–H and O–H groups in total. The van der Waals surface area contributed by atoms with E-state index in [2.05, 4.69) is 25.4 Å². The lowest BCUT2D eigenvalue weighted by Crippen LogP contribution is -2.44. The fourth-order valence-electron chi connectivity index (χ4n) is 2.92. The first-order valence-electron chi connectivity index (χ1n) is 8.87. The van der Waals surface area contributed by atoms with Crippen molar-refractivity contribution in [2.45, 2.75) is 31.4 Å². The first-order chi connectivity index (χ1) is 14.9. The molecule has 2 aromatic rings. The molecule has 168 valence electrons. The lowest BCUT2D eigenvalue weighted by Gasteiger charge is -2.28. The van der Waals surface area contributed by atoms with Crippen LogP contribution in [0.15, 0.2) is 41.3 Å². The maximum absolute atomic E-state index is 13.1. The van der Waals surface area contributed by atoms with Gasteiger partial charge < -0.3 is 5.32 Å². The Labute approximate surface area is 176 Å². The van der Waals surface area contributed by atoms with E-state index in [-0.39, 0.29) is 23.3 Å². The SMILES string of the molecule is CC(NC(=O)C1=CC(C(F)(F)F)C(C(F)(F)F)N=C1)c1ncnn1-c1ccc(C#N)cn1. The molecule has 0 bridgehead atoms. The third-order valence-corrected chi connectivity index (χ3v) is 4.45. The number of alkyl halides is 6. The average molecular weight is 457 g/mol. The van der Waals surface area contributed by atoms with Crippen molar-refractivity contribution in [2.24, 2.45) is 10.9 Å². The number of hydrogen-bond donors (Lipinski definition) is 1. The zero-order valence-corrected chi connectivity index (χ0v) is 16.1. The normalized spacial score (nSPS) is 19.8. The van der Waals surface area contributed by atoms with Crippen molar-refractivity contribution in [1.29, 1.82) is 5.26 Å². The number of amides is 1.